The summed E-state index contributed by atoms with van der Waals surface area (Å²) in [6.45, 7) is 0.365. The number of hydrogen-bond donors (Lipinski definition) is 3. The minimum atomic E-state index is -3.73. The van der Waals surface area contributed by atoms with Crippen molar-refractivity contribution in [1.29, 1.82) is 0 Å². The standard InChI is InChI=1S/C13H14N4O3S/c14-21(19,20)12-3-1-11(2-4-12)17-13(18)16-9-10-5-7-15-8-6-10/h1-8H,9H2,(H2,14,19,20)(H2,16,17,18). The number of rotatable bonds is 4. The molecule has 8 heteroatoms. The van der Waals surface area contributed by atoms with Crippen LogP contribution in [-0.4, -0.2) is 19.4 Å². The van der Waals surface area contributed by atoms with Crippen LogP contribution >= 0.6 is 0 Å². The predicted octanol–water partition coefficient (Wildman–Crippen LogP) is 1.05. The van der Waals surface area contributed by atoms with Gasteiger partial charge >= 0.3 is 6.03 Å². The van der Waals surface area contributed by atoms with E-state index in [0.717, 1.165) is 5.56 Å². The Morgan fingerprint density at radius 1 is 1.10 bits per heavy atom. The molecular formula is C13H14N4O3S. The quantitative estimate of drug-likeness (QED) is 0.783. The molecule has 0 aliphatic rings. The molecule has 0 unspecified atom stereocenters. The molecule has 0 radical (unpaired) electrons. The van der Waals surface area contributed by atoms with E-state index in [-0.39, 0.29) is 4.90 Å². The molecule has 110 valence electrons. The molecule has 7 nitrogen and oxygen atoms in total. The summed E-state index contributed by atoms with van der Waals surface area (Å²) in [5.41, 5.74) is 1.39. The van der Waals surface area contributed by atoms with E-state index in [4.69, 9.17) is 5.14 Å². The van der Waals surface area contributed by atoms with Gasteiger partial charge in [-0.1, -0.05) is 0 Å². The Balaban J connectivity index is 1.91. The van der Waals surface area contributed by atoms with E-state index in [2.05, 4.69) is 15.6 Å². The number of anilines is 1. The third kappa shape index (κ3) is 4.55. The Morgan fingerprint density at radius 2 is 1.71 bits per heavy atom. The third-order valence-corrected chi connectivity index (χ3v) is 3.57. The fourth-order valence-electron chi connectivity index (χ4n) is 1.59. The average Bonchev–Trinajstić information content (AvgIpc) is 2.46. The van der Waals surface area contributed by atoms with Gasteiger partial charge in [0.1, 0.15) is 0 Å². The minimum absolute atomic E-state index is 0.00903. The lowest BCUT2D eigenvalue weighted by atomic mass is 10.3. The number of primary sulfonamides is 1. The second-order valence-electron chi connectivity index (χ2n) is 4.23. The summed E-state index contributed by atoms with van der Waals surface area (Å²) >= 11 is 0. The zero-order valence-corrected chi connectivity index (χ0v) is 11.8. The topological polar surface area (TPSA) is 114 Å². The van der Waals surface area contributed by atoms with Crippen molar-refractivity contribution < 1.29 is 13.2 Å². The first-order valence-corrected chi connectivity index (χ1v) is 7.56. The zero-order valence-electron chi connectivity index (χ0n) is 11.0. The maximum absolute atomic E-state index is 11.7. The second kappa shape index (κ2) is 6.33. The lowest BCUT2D eigenvalue weighted by Crippen LogP contribution is -2.28. The summed E-state index contributed by atoms with van der Waals surface area (Å²) in [5.74, 6) is 0. The van der Waals surface area contributed by atoms with E-state index in [9.17, 15) is 13.2 Å². The van der Waals surface area contributed by atoms with Gasteiger partial charge in [-0.2, -0.15) is 0 Å². The molecule has 2 amide bonds. The van der Waals surface area contributed by atoms with Crippen LogP contribution in [0.4, 0.5) is 10.5 Å². The summed E-state index contributed by atoms with van der Waals surface area (Å²) in [4.78, 5) is 15.6. The first kappa shape index (κ1) is 14.9. The molecule has 0 saturated heterocycles. The van der Waals surface area contributed by atoms with Gasteiger partial charge in [0.25, 0.3) is 0 Å². The highest BCUT2D eigenvalue weighted by atomic mass is 32.2. The van der Waals surface area contributed by atoms with Crippen LogP contribution in [0.1, 0.15) is 5.56 Å². The maximum atomic E-state index is 11.7. The van der Waals surface area contributed by atoms with E-state index in [0.29, 0.717) is 12.2 Å². The Hall–Kier alpha value is -2.45. The highest BCUT2D eigenvalue weighted by Gasteiger charge is 2.07. The molecule has 0 spiro atoms. The number of nitrogens with one attached hydrogen (secondary N) is 2. The van der Waals surface area contributed by atoms with Crippen LogP contribution in [0.5, 0.6) is 0 Å². The number of hydrogen-bond acceptors (Lipinski definition) is 4. The van der Waals surface area contributed by atoms with Crippen LogP contribution in [0.2, 0.25) is 0 Å². The molecule has 0 aliphatic carbocycles. The van der Waals surface area contributed by atoms with Crippen LogP contribution < -0.4 is 15.8 Å². The van der Waals surface area contributed by atoms with Gasteiger partial charge in [-0.05, 0) is 42.0 Å². The molecular weight excluding hydrogens is 292 g/mol. The number of nitrogens with zero attached hydrogens (tertiary/aromatic N) is 1. The Morgan fingerprint density at radius 3 is 2.29 bits per heavy atom. The number of urea groups is 1. The number of carbonyl (C=O) groups is 1. The van der Waals surface area contributed by atoms with Gasteiger partial charge in [0.05, 0.1) is 4.90 Å². The molecule has 2 aromatic rings. The van der Waals surface area contributed by atoms with Crippen molar-refractivity contribution in [2.24, 2.45) is 5.14 Å². The van der Waals surface area contributed by atoms with Crippen molar-refractivity contribution in [1.82, 2.24) is 10.3 Å². The SMILES string of the molecule is NS(=O)(=O)c1ccc(NC(=O)NCc2ccncc2)cc1. The van der Waals surface area contributed by atoms with Crippen molar-refractivity contribution in [2.45, 2.75) is 11.4 Å². The van der Waals surface area contributed by atoms with Crippen molar-refractivity contribution in [3.8, 4) is 0 Å². The zero-order chi connectivity index (χ0) is 15.3. The number of benzene rings is 1. The molecule has 2 rings (SSSR count). The lowest BCUT2D eigenvalue weighted by Gasteiger charge is -2.08. The fraction of sp³-hybridized carbons (Fsp3) is 0.0769. The molecule has 0 atom stereocenters. The van der Waals surface area contributed by atoms with Crippen LogP contribution in [-0.2, 0) is 16.6 Å². The van der Waals surface area contributed by atoms with Crippen LogP contribution in [0.25, 0.3) is 0 Å². The van der Waals surface area contributed by atoms with Gasteiger partial charge < -0.3 is 10.6 Å². The van der Waals surface area contributed by atoms with Gasteiger partial charge in [0, 0.05) is 24.6 Å². The lowest BCUT2D eigenvalue weighted by molar-refractivity contribution is 0.251. The Kier molecular flexibility index (Phi) is 4.51. The number of nitrogens with two attached hydrogens (primary N) is 1. The third-order valence-electron chi connectivity index (χ3n) is 2.64. The van der Waals surface area contributed by atoms with Crippen LogP contribution in [0, 0.1) is 0 Å². The predicted molar refractivity (Wildman–Crippen MR) is 77.9 cm³/mol. The maximum Gasteiger partial charge on any atom is 0.319 e. The number of carbonyl (C=O) groups excluding carboxylic acids is 1. The molecule has 1 aromatic heterocycles. The van der Waals surface area contributed by atoms with Gasteiger partial charge in [-0.3, -0.25) is 4.98 Å². The number of aromatic nitrogens is 1. The second-order valence-corrected chi connectivity index (χ2v) is 5.79. The van der Waals surface area contributed by atoms with Crippen LogP contribution in [0.3, 0.4) is 0 Å². The summed E-state index contributed by atoms with van der Waals surface area (Å²) in [6.07, 6.45) is 3.28. The first-order valence-electron chi connectivity index (χ1n) is 6.02. The molecule has 21 heavy (non-hydrogen) atoms. The monoisotopic (exact) mass is 306 g/mol. The molecule has 1 aromatic carbocycles. The smallest absolute Gasteiger partial charge is 0.319 e. The summed E-state index contributed by atoms with van der Waals surface area (Å²) in [5, 5.41) is 10.2. The van der Waals surface area contributed by atoms with Gasteiger partial charge in [0.15, 0.2) is 0 Å². The van der Waals surface area contributed by atoms with Gasteiger partial charge in [-0.15, -0.1) is 0 Å². The van der Waals surface area contributed by atoms with E-state index >= 15 is 0 Å². The highest BCUT2D eigenvalue weighted by molar-refractivity contribution is 7.89. The summed E-state index contributed by atoms with van der Waals surface area (Å²) in [6, 6.07) is 8.77. The van der Waals surface area contributed by atoms with Crippen molar-refractivity contribution in [2.75, 3.05) is 5.32 Å². The number of amides is 2. The van der Waals surface area contributed by atoms with E-state index in [1.807, 2.05) is 0 Å². The summed E-state index contributed by atoms with van der Waals surface area (Å²) in [7, 11) is -3.73. The number of sulfonamides is 1. The van der Waals surface area contributed by atoms with Crippen molar-refractivity contribution in [3.05, 3.63) is 54.4 Å². The molecule has 0 fully saturated rings. The average molecular weight is 306 g/mol. The molecule has 1 heterocycles. The highest BCUT2D eigenvalue weighted by Crippen LogP contribution is 2.12. The fourth-order valence-corrected chi connectivity index (χ4v) is 2.10. The van der Waals surface area contributed by atoms with Crippen molar-refractivity contribution in [3.63, 3.8) is 0 Å². The Bertz CT molecular complexity index is 715. The number of pyridine rings is 1. The molecule has 0 bridgehead atoms. The van der Waals surface area contributed by atoms with Crippen LogP contribution in [0.15, 0.2) is 53.7 Å². The molecule has 0 aliphatic heterocycles. The first-order chi connectivity index (χ1) is 9.95. The van der Waals surface area contributed by atoms with E-state index < -0.39 is 16.1 Å². The normalized spacial score (nSPS) is 10.9. The Labute approximate surface area is 122 Å². The summed E-state index contributed by atoms with van der Waals surface area (Å²) < 4.78 is 22.2. The van der Waals surface area contributed by atoms with E-state index in [1.54, 1.807) is 24.5 Å². The van der Waals surface area contributed by atoms with Gasteiger partial charge in [-0.25, -0.2) is 18.4 Å². The largest absolute Gasteiger partial charge is 0.334 e. The van der Waals surface area contributed by atoms with E-state index in [1.165, 1.54) is 24.3 Å². The molecule has 4 N–H and O–H groups in total. The van der Waals surface area contributed by atoms with Crippen molar-refractivity contribution >= 4 is 21.7 Å². The molecule has 0 saturated carbocycles. The van der Waals surface area contributed by atoms with Gasteiger partial charge in [0.2, 0.25) is 10.0 Å². The minimum Gasteiger partial charge on any atom is -0.334 e.